The van der Waals surface area contributed by atoms with E-state index in [0.29, 0.717) is 5.56 Å². The summed E-state index contributed by atoms with van der Waals surface area (Å²) in [6.45, 7) is 0. The summed E-state index contributed by atoms with van der Waals surface area (Å²) in [5, 5.41) is 9.36. The third-order valence-electron chi connectivity index (χ3n) is 3.32. The molecule has 110 valence electrons. The fourth-order valence-corrected chi connectivity index (χ4v) is 2.64. The van der Waals surface area contributed by atoms with E-state index in [2.05, 4.69) is 25.9 Å². The quantitative estimate of drug-likeness (QED) is 0.700. The molecule has 0 unspecified atom stereocenters. The molecule has 0 radical (unpaired) electrons. The molecule has 0 saturated heterocycles. The second kappa shape index (κ2) is 5.20. The fraction of sp³-hybridized carbons (Fsp3) is 0.0714. The number of ether oxygens (including phenoxy) is 1. The van der Waals surface area contributed by atoms with Crippen molar-refractivity contribution in [2.75, 3.05) is 0 Å². The molecule has 1 aliphatic heterocycles. The Balaban J connectivity index is 2.32. The number of aromatic amines is 2. The van der Waals surface area contributed by atoms with E-state index in [-0.39, 0.29) is 22.9 Å². The van der Waals surface area contributed by atoms with E-state index >= 15 is 0 Å². The largest absolute Gasteiger partial charge is 0.424 e. The van der Waals surface area contributed by atoms with Crippen molar-refractivity contribution < 1.29 is 4.74 Å². The van der Waals surface area contributed by atoms with Crippen LogP contribution in [0.1, 0.15) is 17.0 Å². The first-order valence-corrected chi connectivity index (χ1v) is 7.00. The predicted octanol–water partition coefficient (Wildman–Crippen LogP) is 1.04. The molecule has 0 bridgehead atoms. The highest BCUT2D eigenvalue weighted by Crippen LogP contribution is 2.38. The fourth-order valence-electron chi connectivity index (χ4n) is 2.38. The van der Waals surface area contributed by atoms with Crippen molar-refractivity contribution in [3.05, 3.63) is 72.2 Å². The summed E-state index contributed by atoms with van der Waals surface area (Å²) >= 11 is 3.33. The number of aromatic nitrogens is 2. The number of hydrogen-bond acceptors (Lipinski definition) is 5. The van der Waals surface area contributed by atoms with Gasteiger partial charge in [-0.25, -0.2) is 4.79 Å². The van der Waals surface area contributed by atoms with Crippen LogP contribution in [0.2, 0.25) is 0 Å². The smallest absolute Gasteiger partial charge is 0.328 e. The highest BCUT2D eigenvalue weighted by Gasteiger charge is 2.33. The molecular weight excluding hydrogens is 352 g/mol. The standard InChI is InChI=1S/C14H9BrN4O3/c15-7-3-1-6(2-4-7)9-8(5-16)11(17)22-13-10(9)12(20)18-14(21)19-13/h1-4,9H,17H2,(H2,18,19,20,21)/t9-/m0/s1. The van der Waals surface area contributed by atoms with E-state index in [1.807, 2.05) is 6.07 Å². The molecule has 1 atom stereocenters. The number of nitrogens with zero attached hydrogens (tertiary/aromatic N) is 1. The molecule has 0 fully saturated rings. The van der Waals surface area contributed by atoms with Crippen LogP contribution in [0.15, 0.2) is 49.8 Å². The van der Waals surface area contributed by atoms with Gasteiger partial charge in [-0.3, -0.25) is 14.8 Å². The Bertz CT molecular complexity index is 934. The summed E-state index contributed by atoms with van der Waals surface area (Å²) in [5.41, 5.74) is 5.38. The molecule has 0 aliphatic carbocycles. The zero-order chi connectivity index (χ0) is 15.9. The average molecular weight is 361 g/mol. The van der Waals surface area contributed by atoms with Crippen molar-refractivity contribution in [1.82, 2.24) is 9.97 Å². The second-order valence-corrected chi connectivity index (χ2v) is 5.54. The zero-order valence-corrected chi connectivity index (χ0v) is 12.6. The van der Waals surface area contributed by atoms with Gasteiger partial charge in [-0.2, -0.15) is 5.26 Å². The summed E-state index contributed by atoms with van der Waals surface area (Å²) in [4.78, 5) is 28.1. The number of H-pyrrole nitrogens is 2. The molecule has 3 rings (SSSR count). The minimum absolute atomic E-state index is 0.0434. The molecule has 2 heterocycles. The summed E-state index contributed by atoms with van der Waals surface area (Å²) in [5.74, 6) is -0.884. The van der Waals surface area contributed by atoms with Crippen LogP contribution >= 0.6 is 15.9 Å². The number of nitriles is 1. The van der Waals surface area contributed by atoms with Gasteiger partial charge in [-0.15, -0.1) is 0 Å². The van der Waals surface area contributed by atoms with Crippen molar-refractivity contribution in [3.8, 4) is 11.9 Å². The normalized spacial score (nSPS) is 16.6. The number of rotatable bonds is 1. The Morgan fingerprint density at radius 2 is 1.91 bits per heavy atom. The SMILES string of the molecule is N#CC1=C(N)Oc2[nH]c(=O)[nH]c(=O)c2[C@H]1c1ccc(Br)cc1. The van der Waals surface area contributed by atoms with Crippen LogP contribution in [-0.4, -0.2) is 9.97 Å². The average Bonchev–Trinajstić information content (AvgIpc) is 2.46. The highest BCUT2D eigenvalue weighted by atomic mass is 79.9. The van der Waals surface area contributed by atoms with Crippen molar-refractivity contribution >= 4 is 15.9 Å². The lowest BCUT2D eigenvalue weighted by atomic mass is 9.85. The Kier molecular flexibility index (Phi) is 3.35. The summed E-state index contributed by atoms with van der Waals surface area (Å²) in [6, 6.07) is 9.07. The first kappa shape index (κ1) is 14.2. The highest BCUT2D eigenvalue weighted by molar-refractivity contribution is 9.10. The van der Waals surface area contributed by atoms with E-state index in [1.54, 1.807) is 24.3 Å². The third-order valence-corrected chi connectivity index (χ3v) is 3.85. The number of allylic oxidation sites excluding steroid dienone is 1. The molecule has 1 aliphatic rings. The van der Waals surface area contributed by atoms with Crippen LogP contribution in [0.25, 0.3) is 0 Å². The van der Waals surface area contributed by atoms with Crippen LogP contribution in [0.3, 0.4) is 0 Å². The number of halogens is 1. The van der Waals surface area contributed by atoms with Gasteiger partial charge in [0.1, 0.15) is 11.6 Å². The van der Waals surface area contributed by atoms with Crippen LogP contribution in [-0.2, 0) is 0 Å². The topological polar surface area (TPSA) is 125 Å². The maximum absolute atomic E-state index is 12.2. The maximum atomic E-state index is 12.2. The molecule has 8 heteroatoms. The molecule has 1 aromatic heterocycles. The molecule has 0 saturated carbocycles. The Hall–Kier alpha value is -2.79. The van der Waals surface area contributed by atoms with Crippen LogP contribution in [0, 0.1) is 11.3 Å². The number of nitrogens with one attached hydrogen (secondary N) is 2. The van der Waals surface area contributed by atoms with Gasteiger partial charge in [-0.1, -0.05) is 28.1 Å². The maximum Gasteiger partial charge on any atom is 0.328 e. The molecular formula is C14H9BrN4O3. The van der Waals surface area contributed by atoms with Crippen LogP contribution in [0.5, 0.6) is 5.88 Å². The number of nitrogens with two attached hydrogens (primary N) is 1. The number of benzene rings is 1. The summed E-state index contributed by atoms with van der Waals surface area (Å²) < 4.78 is 6.08. The second-order valence-electron chi connectivity index (χ2n) is 4.63. The Morgan fingerprint density at radius 3 is 2.55 bits per heavy atom. The minimum Gasteiger partial charge on any atom is -0.424 e. The molecule has 4 N–H and O–H groups in total. The van der Waals surface area contributed by atoms with Gasteiger partial charge < -0.3 is 10.5 Å². The molecule has 22 heavy (non-hydrogen) atoms. The van der Waals surface area contributed by atoms with Crippen molar-refractivity contribution in [3.63, 3.8) is 0 Å². The Morgan fingerprint density at radius 1 is 1.23 bits per heavy atom. The number of fused-ring (bicyclic) bond motifs is 1. The van der Waals surface area contributed by atoms with Gasteiger partial charge in [0.05, 0.1) is 11.5 Å². The van der Waals surface area contributed by atoms with Gasteiger partial charge in [0.2, 0.25) is 11.8 Å². The molecule has 1 aromatic carbocycles. The van der Waals surface area contributed by atoms with Gasteiger partial charge in [0.25, 0.3) is 5.56 Å². The van der Waals surface area contributed by atoms with Gasteiger partial charge in [-0.05, 0) is 17.7 Å². The van der Waals surface area contributed by atoms with E-state index in [4.69, 9.17) is 10.5 Å². The molecule has 7 nitrogen and oxygen atoms in total. The Labute approximate surface area is 132 Å². The molecule has 0 spiro atoms. The van der Waals surface area contributed by atoms with E-state index in [1.165, 1.54) is 0 Å². The molecule has 0 amide bonds. The van der Waals surface area contributed by atoms with Crippen molar-refractivity contribution in [2.24, 2.45) is 5.73 Å². The third kappa shape index (κ3) is 2.21. The van der Waals surface area contributed by atoms with E-state index in [0.717, 1.165) is 4.47 Å². The zero-order valence-electron chi connectivity index (χ0n) is 11.0. The van der Waals surface area contributed by atoms with Gasteiger partial charge in [0, 0.05) is 4.47 Å². The van der Waals surface area contributed by atoms with Crippen molar-refractivity contribution in [1.29, 1.82) is 5.26 Å². The van der Waals surface area contributed by atoms with Crippen LogP contribution < -0.4 is 21.7 Å². The lowest BCUT2D eigenvalue weighted by Crippen LogP contribution is -2.33. The minimum atomic E-state index is -0.706. The van der Waals surface area contributed by atoms with Gasteiger partial charge >= 0.3 is 5.69 Å². The summed E-state index contributed by atoms with van der Waals surface area (Å²) in [6.07, 6.45) is 0. The number of hydrogen-bond donors (Lipinski definition) is 3. The van der Waals surface area contributed by atoms with E-state index < -0.39 is 17.2 Å². The predicted molar refractivity (Wildman–Crippen MR) is 81.1 cm³/mol. The first-order chi connectivity index (χ1) is 10.5. The van der Waals surface area contributed by atoms with Crippen molar-refractivity contribution in [2.45, 2.75) is 5.92 Å². The first-order valence-electron chi connectivity index (χ1n) is 6.21. The van der Waals surface area contributed by atoms with Gasteiger partial charge in [0.15, 0.2) is 0 Å². The lowest BCUT2D eigenvalue weighted by Gasteiger charge is -2.24. The lowest BCUT2D eigenvalue weighted by molar-refractivity contribution is 0.373. The molecule has 2 aromatic rings. The monoisotopic (exact) mass is 360 g/mol. The van der Waals surface area contributed by atoms with Crippen LogP contribution in [0.4, 0.5) is 0 Å². The summed E-state index contributed by atoms with van der Waals surface area (Å²) in [7, 11) is 0. The van der Waals surface area contributed by atoms with E-state index in [9.17, 15) is 14.9 Å².